The van der Waals surface area contributed by atoms with Crippen LogP contribution in [-0.4, -0.2) is 30.3 Å². The molecule has 1 aromatic carbocycles. The largest absolute Gasteiger partial charge is 0.512 e. The van der Waals surface area contributed by atoms with Gasteiger partial charge in [0.15, 0.2) is 17.3 Å². The number of benzene rings is 1. The van der Waals surface area contributed by atoms with Crippen LogP contribution in [0.5, 0.6) is 11.5 Å². The molecule has 0 radical (unpaired) electrons. The average Bonchev–Trinajstić information content (AvgIpc) is 3.05. The lowest BCUT2D eigenvalue weighted by Gasteiger charge is -2.32. The monoisotopic (exact) mass is 374 g/mol. The van der Waals surface area contributed by atoms with Crippen LogP contribution in [0.25, 0.3) is 0 Å². The molecule has 6 heteroatoms. The predicted molar refractivity (Wildman–Crippen MR) is 98.8 cm³/mol. The first kappa shape index (κ1) is 19.3. The Labute approximate surface area is 159 Å². The summed E-state index contributed by atoms with van der Waals surface area (Å²) in [6, 6.07) is 5.34. The van der Waals surface area contributed by atoms with E-state index >= 15 is 0 Å². The molecule has 1 atom stereocenters. The van der Waals surface area contributed by atoms with Gasteiger partial charge in [-0.15, -0.1) is 0 Å². The third-order valence-corrected chi connectivity index (χ3v) is 4.88. The molecular formula is C21H26O6. The highest BCUT2D eigenvalue weighted by Gasteiger charge is 2.38. The van der Waals surface area contributed by atoms with Crippen LogP contribution in [-0.2, 0) is 14.3 Å². The number of aliphatic hydroxyl groups is 1. The first-order valence-corrected chi connectivity index (χ1v) is 9.31. The summed E-state index contributed by atoms with van der Waals surface area (Å²) in [7, 11) is 0. The highest BCUT2D eigenvalue weighted by atomic mass is 16.7. The van der Waals surface area contributed by atoms with E-state index in [0.29, 0.717) is 36.5 Å². The summed E-state index contributed by atoms with van der Waals surface area (Å²) in [6.07, 6.45) is 1.45. The van der Waals surface area contributed by atoms with Crippen molar-refractivity contribution in [2.75, 3.05) is 13.4 Å². The number of ether oxygens (including phenoxy) is 3. The Bertz CT molecular complexity index is 777. The number of Topliss-reactive ketones (excluding diaryl/α,β-unsaturated/α-hetero) is 1. The topological polar surface area (TPSA) is 82.1 Å². The molecule has 0 saturated carbocycles. The minimum atomic E-state index is -0.576. The first-order chi connectivity index (χ1) is 12.8. The summed E-state index contributed by atoms with van der Waals surface area (Å²) in [5, 5.41) is 10.6. The maximum absolute atomic E-state index is 12.8. The average molecular weight is 374 g/mol. The van der Waals surface area contributed by atoms with Gasteiger partial charge < -0.3 is 19.3 Å². The maximum Gasteiger partial charge on any atom is 0.306 e. The number of rotatable bonds is 6. The van der Waals surface area contributed by atoms with E-state index in [1.165, 1.54) is 0 Å². The van der Waals surface area contributed by atoms with E-state index in [1.807, 2.05) is 20.8 Å². The Morgan fingerprint density at radius 3 is 2.70 bits per heavy atom. The standard InChI is InChI=1S/C21H26O6/c1-4-7-25-19(24)9-14(13-5-6-17-18(8-13)27-12-26-17)20-15(22)10-21(2,3)11-16(20)23/h5-6,8,14,22H,4,7,9-12H2,1-3H3. The van der Waals surface area contributed by atoms with Crippen molar-refractivity contribution in [2.24, 2.45) is 5.41 Å². The molecule has 146 valence electrons. The minimum absolute atomic E-state index is 0.00872. The molecule has 1 aromatic rings. The number of carbonyl (C=O) groups is 2. The van der Waals surface area contributed by atoms with Crippen LogP contribution < -0.4 is 9.47 Å². The number of esters is 1. The molecule has 6 nitrogen and oxygen atoms in total. The molecule has 0 spiro atoms. The van der Waals surface area contributed by atoms with Gasteiger partial charge in [-0.05, 0) is 29.5 Å². The van der Waals surface area contributed by atoms with Crippen LogP contribution in [0.15, 0.2) is 29.5 Å². The van der Waals surface area contributed by atoms with Gasteiger partial charge in [0.25, 0.3) is 0 Å². The second kappa shape index (κ2) is 7.62. The van der Waals surface area contributed by atoms with Gasteiger partial charge in [0.05, 0.1) is 13.0 Å². The number of ketones is 1. The number of allylic oxidation sites excluding steroid dienone is 2. The molecule has 1 aliphatic heterocycles. The molecule has 2 aliphatic rings. The molecule has 3 rings (SSSR count). The molecule has 0 aromatic heterocycles. The maximum atomic E-state index is 12.8. The van der Waals surface area contributed by atoms with Gasteiger partial charge in [-0.25, -0.2) is 0 Å². The second-order valence-electron chi connectivity index (χ2n) is 7.89. The van der Waals surface area contributed by atoms with Crippen molar-refractivity contribution >= 4 is 11.8 Å². The Balaban J connectivity index is 1.97. The molecule has 1 unspecified atom stereocenters. The zero-order valence-corrected chi connectivity index (χ0v) is 16.0. The molecule has 1 N–H and O–H groups in total. The highest BCUT2D eigenvalue weighted by Crippen LogP contribution is 2.44. The molecule has 27 heavy (non-hydrogen) atoms. The fourth-order valence-electron chi connectivity index (χ4n) is 3.66. The molecule has 0 fully saturated rings. The lowest BCUT2D eigenvalue weighted by Crippen LogP contribution is -2.29. The van der Waals surface area contributed by atoms with E-state index < -0.39 is 11.9 Å². The van der Waals surface area contributed by atoms with Crippen molar-refractivity contribution in [1.29, 1.82) is 0 Å². The number of aliphatic hydroxyl groups excluding tert-OH is 1. The quantitative estimate of drug-likeness (QED) is 0.757. The summed E-state index contributed by atoms with van der Waals surface area (Å²) in [5.74, 6) is 0.158. The lowest BCUT2D eigenvalue weighted by atomic mass is 9.72. The van der Waals surface area contributed by atoms with Gasteiger partial charge in [0, 0.05) is 24.3 Å². The van der Waals surface area contributed by atoms with Gasteiger partial charge in [0.2, 0.25) is 6.79 Å². The summed E-state index contributed by atoms with van der Waals surface area (Å²) >= 11 is 0. The highest BCUT2D eigenvalue weighted by molar-refractivity contribution is 5.99. The lowest BCUT2D eigenvalue weighted by molar-refractivity contribution is -0.143. The molecular weight excluding hydrogens is 348 g/mol. The van der Waals surface area contributed by atoms with Gasteiger partial charge in [-0.3, -0.25) is 9.59 Å². The number of hydrogen-bond donors (Lipinski definition) is 1. The fraction of sp³-hybridized carbons (Fsp3) is 0.524. The van der Waals surface area contributed by atoms with Crippen LogP contribution in [0.4, 0.5) is 0 Å². The van der Waals surface area contributed by atoms with Crippen LogP contribution in [0.1, 0.15) is 57.9 Å². The molecule has 0 bridgehead atoms. The Kier molecular flexibility index (Phi) is 5.44. The van der Waals surface area contributed by atoms with Gasteiger partial charge in [0.1, 0.15) is 5.76 Å². The van der Waals surface area contributed by atoms with Crippen LogP contribution in [0, 0.1) is 5.41 Å². The van der Waals surface area contributed by atoms with E-state index in [-0.39, 0.29) is 30.2 Å². The zero-order chi connectivity index (χ0) is 19.6. The predicted octanol–water partition coefficient (Wildman–Crippen LogP) is 4.04. The van der Waals surface area contributed by atoms with Crippen LogP contribution >= 0.6 is 0 Å². The smallest absolute Gasteiger partial charge is 0.306 e. The summed E-state index contributed by atoms with van der Waals surface area (Å²) in [6.45, 7) is 6.29. The van der Waals surface area contributed by atoms with E-state index in [2.05, 4.69) is 0 Å². The second-order valence-corrected chi connectivity index (χ2v) is 7.89. The first-order valence-electron chi connectivity index (χ1n) is 9.31. The normalized spacial score (nSPS) is 19.1. The molecule has 1 heterocycles. The van der Waals surface area contributed by atoms with Crippen molar-refractivity contribution in [3.05, 3.63) is 35.1 Å². The van der Waals surface area contributed by atoms with Crippen LogP contribution in [0.2, 0.25) is 0 Å². The van der Waals surface area contributed by atoms with Crippen LogP contribution in [0.3, 0.4) is 0 Å². The Hall–Kier alpha value is -2.50. The molecule has 0 amide bonds. The summed E-state index contributed by atoms with van der Waals surface area (Å²) < 4.78 is 16.0. The SMILES string of the molecule is CCCOC(=O)CC(C1=C(O)CC(C)(C)CC1=O)c1ccc2c(c1)OCO2. The Morgan fingerprint density at radius 1 is 1.26 bits per heavy atom. The van der Waals surface area contributed by atoms with Gasteiger partial charge >= 0.3 is 5.97 Å². The van der Waals surface area contributed by atoms with E-state index in [9.17, 15) is 14.7 Å². The number of carbonyl (C=O) groups excluding carboxylic acids is 2. The fourth-order valence-corrected chi connectivity index (χ4v) is 3.66. The summed E-state index contributed by atoms with van der Waals surface area (Å²) in [4.78, 5) is 25.1. The van der Waals surface area contributed by atoms with Crippen molar-refractivity contribution in [3.63, 3.8) is 0 Å². The van der Waals surface area contributed by atoms with Gasteiger partial charge in [-0.2, -0.15) is 0 Å². The van der Waals surface area contributed by atoms with Crippen molar-refractivity contribution in [2.45, 2.75) is 52.4 Å². The third kappa shape index (κ3) is 4.26. The summed E-state index contributed by atoms with van der Waals surface area (Å²) in [5.41, 5.74) is 0.733. The molecule has 0 saturated heterocycles. The minimum Gasteiger partial charge on any atom is -0.512 e. The van der Waals surface area contributed by atoms with Crippen molar-refractivity contribution < 1.29 is 28.9 Å². The third-order valence-electron chi connectivity index (χ3n) is 4.88. The number of fused-ring (bicyclic) bond motifs is 1. The van der Waals surface area contributed by atoms with Gasteiger partial charge in [-0.1, -0.05) is 26.8 Å². The molecule has 1 aliphatic carbocycles. The van der Waals surface area contributed by atoms with E-state index in [0.717, 1.165) is 12.0 Å². The zero-order valence-electron chi connectivity index (χ0n) is 16.0. The van der Waals surface area contributed by atoms with E-state index in [4.69, 9.17) is 14.2 Å². The van der Waals surface area contributed by atoms with Crippen molar-refractivity contribution in [3.8, 4) is 11.5 Å². The number of hydrogen-bond acceptors (Lipinski definition) is 6. The van der Waals surface area contributed by atoms with E-state index in [1.54, 1.807) is 18.2 Å². The Morgan fingerprint density at radius 2 is 2.00 bits per heavy atom. The van der Waals surface area contributed by atoms with Crippen molar-refractivity contribution in [1.82, 2.24) is 0 Å².